The van der Waals surface area contributed by atoms with E-state index in [2.05, 4.69) is 5.32 Å². The second-order valence-corrected chi connectivity index (χ2v) is 8.60. The van der Waals surface area contributed by atoms with Gasteiger partial charge in [-0.05, 0) is 35.6 Å². The Morgan fingerprint density at radius 3 is 2.50 bits per heavy atom. The van der Waals surface area contributed by atoms with Crippen molar-refractivity contribution >= 4 is 27.1 Å². The molecule has 7 heteroatoms. The minimum absolute atomic E-state index is 0.0470. The van der Waals surface area contributed by atoms with Crippen molar-refractivity contribution in [3.05, 3.63) is 47.3 Å². The van der Waals surface area contributed by atoms with Gasteiger partial charge in [-0.1, -0.05) is 25.1 Å². The standard InChI is InChI=1S/C17H21NO4S2/c1-3-5-16(19)18-12-15(13-7-9-14(22-2)10-8-13)24(20,21)17-6-4-11-23-17/h4,6-11,15H,3,5,12H2,1-2H3,(H,18,19)/t15-/m1/s1. The van der Waals surface area contributed by atoms with Crippen molar-refractivity contribution < 1.29 is 17.9 Å². The van der Waals surface area contributed by atoms with Crippen LogP contribution in [0, 0.1) is 0 Å². The first kappa shape index (κ1) is 18.5. The van der Waals surface area contributed by atoms with Gasteiger partial charge in [0.25, 0.3) is 0 Å². The molecule has 2 rings (SSSR count). The molecule has 0 unspecified atom stereocenters. The van der Waals surface area contributed by atoms with Crippen LogP contribution in [0.25, 0.3) is 0 Å². The van der Waals surface area contributed by atoms with Crippen molar-refractivity contribution in [2.75, 3.05) is 13.7 Å². The van der Waals surface area contributed by atoms with E-state index in [0.29, 0.717) is 21.9 Å². The van der Waals surface area contributed by atoms with Crippen molar-refractivity contribution in [2.45, 2.75) is 29.2 Å². The topological polar surface area (TPSA) is 72.5 Å². The molecule has 1 amide bonds. The van der Waals surface area contributed by atoms with E-state index in [0.717, 1.165) is 6.42 Å². The van der Waals surface area contributed by atoms with Gasteiger partial charge in [0.15, 0.2) is 9.84 Å². The van der Waals surface area contributed by atoms with Gasteiger partial charge >= 0.3 is 0 Å². The lowest BCUT2D eigenvalue weighted by molar-refractivity contribution is -0.121. The molecule has 5 nitrogen and oxygen atoms in total. The molecule has 24 heavy (non-hydrogen) atoms. The first-order valence-electron chi connectivity index (χ1n) is 7.67. The first-order valence-corrected chi connectivity index (χ1v) is 10.1. The van der Waals surface area contributed by atoms with Crippen molar-refractivity contribution in [1.29, 1.82) is 0 Å². The van der Waals surface area contributed by atoms with E-state index >= 15 is 0 Å². The number of methoxy groups -OCH3 is 1. The maximum absolute atomic E-state index is 12.9. The summed E-state index contributed by atoms with van der Waals surface area (Å²) in [5, 5.41) is 3.63. The fourth-order valence-electron chi connectivity index (χ4n) is 2.31. The van der Waals surface area contributed by atoms with E-state index in [-0.39, 0.29) is 12.5 Å². The second-order valence-electron chi connectivity index (χ2n) is 5.29. The first-order chi connectivity index (χ1) is 11.5. The summed E-state index contributed by atoms with van der Waals surface area (Å²) >= 11 is 1.18. The number of carbonyl (C=O) groups excluding carboxylic acids is 1. The molecule has 1 aromatic carbocycles. The average Bonchev–Trinajstić information content (AvgIpc) is 3.11. The highest BCUT2D eigenvalue weighted by Crippen LogP contribution is 2.32. The molecule has 0 bridgehead atoms. The van der Waals surface area contributed by atoms with Crippen LogP contribution in [-0.2, 0) is 14.6 Å². The van der Waals surface area contributed by atoms with Gasteiger partial charge in [-0.25, -0.2) is 8.42 Å². The Bertz CT molecular complexity index is 752. The maximum atomic E-state index is 12.9. The number of hydrogen-bond acceptors (Lipinski definition) is 5. The summed E-state index contributed by atoms with van der Waals surface area (Å²) in [6.07, 6.45) is 1.10. The smallest absolute Gasteiger partial charge is 0.220 e. The summed E-state index contributed by atoms with van der Waals surface area (Å²) in [5.41, 5.74) is 0.626. The Hall–Kier alpha value is -1.86. The van der Waals surface area contributed by atoms with Crippen LogP contribution < -0.4 is 10.1 Å². The third-order valence-electron chi connectivity index (χ3n) is 3.60. The number of hydrogen-bond donors (Lipinski definition) is 1. The number of amides is 1. The Labute approximate surface area is 146 Å². The van der Waals surface area contributed by atoms with Gasteiger partial charge in [0.1, 0.15) is 15.2 Å². The van der Waals surface area contributed by atoms with E-state index in [1.54, 1.807) is 48.9 Å². The van der Waals surface area contributed by atoms with Crippen LogP contribution in [0.2, 0.25) is 0 Å². The monoisotopic (exact) mass is 367 g/mol. The molecular formula is C17H21NO4S2. The quantitative estimate of drug-likeness (QED) is 0.778. The SMILES string of the molecule is CCCC(=O)NC[C@H](c1ccc(OC)cc1)S(=O)(=O)c1cccs1. The number of nitrogens with one attached hydrogen (secondary N) is 1. The predicted molar refractivity (Wildman–Crippen MR) is 95.2 cm³/mol. The largest absolute Gasteiger partial charge is 0.497 e. The fraction of sp³-hybridized carbons (Fsp3) is 0.353. The lowest BCUT2D eigenvalue weighted by Crippen LogP contribution is -2.31. The maximum Gasteiger partial charge on any atom is 0.220 e. The fourth-order valence-corrected chi connectivity index (χ4v) is 5.18. The minimum Gasteiger partial charge on any atom is -0.497 e. The van der Waals surface area contributed by atoms with Crippen molar-refractivity contribution in [3.8, 4) is 5.75 Å². The van der Waals surface area contributed by atoms with Crippen molar-refractivity contribution in [3.63, 3.8) is 0 Å². The van der Waals surface area contributed by atoms with Gasteiger partial charge in [0.2, 0.25) is 5.91 Å². The molecule has 130 valence electrons. The highest BCUT2D eigenvalue weighted by Gasteiger charge is 2.30. The zero-order valence-electron chi connectivity index (χ0n) is 13.7. The zero-order chi connectivity index (χ0) is 17.6. The molecule has 0 aliphatic heterocycles. The average molecular weight is 367 g/mol. The van der Waals surface area contributed by atoms with Gasteiger partial charge in [-0.15, -0.1) is 11.3 Å². The van der Waals surface area contributed by atoms with Crippen LogP contribution in [0.3, 0.4) is 0 Å². The molecule has 1 aromatic heterocycles. The summed E-state index contributed by atoms with van der Waals surface area (Å²) in [6.45, 7) is 1.95. The number of carbonyl (C=O) groups is 1. The van der Waals surface area contributed by atoms with Crippen molar-refractivity contribution in [1.82, 2.24) is 5.32 Å². The molecular weight excluding hydrogens is 346 g/mol. The number of rotatable bonds is 8. The molecule has 0 saturated carbocycles. The van der Waals surface area contributed by atoms with Crippen molar-refractivity contribution in [2.24, 2.45) is 0 Å². The van der Waals surface area contributed by atoms with E-state index in [4.69, 9.17) is 4.74 Å². The molecule has 0 fully saturated rings. The van der Waals surface area contributed by atoms with Gasteiger partial charge < -0.3 is 10.1 Å². The minimum atomic E-state index is -3.58. The molecule has 0 radical (unpaired) electrons. The van der Waals surface area contributed by atoms with Crippen LogP contribution in [0.15, 0.2) is 46.0 Å². The predicted octanol–water partition coefficient (Wildman–Crippen LogP) is 3.19. The molecule has 1 heterocycles. The van der Waals surface area contributed by atoms with Crippen LogP contribution in [0.4, 0.5) is 0 Å². The number of sulfone groups is 1. The van der Waals surface area contributed by atoms with Crippen LogP contribution >= 0.6 is 11.3 Å². The molecule has 0 aliphatic rings. The normalized spacial score (nSPS) is 12.6. The second kappa shape index (κ2) is 8.30. The lowest BCUT2D eigenvalue weighted by atomic mass is 10.1. The van der Waals surface area contributed by atoms with E-state index < -0.39 is 15.1 Å². The molecule has 0 spiro atoms. The number of ether oxygens (including phenoxy) is 1. The Morgan fingerprint density at radius 1 is 1.25 bits per heavy atom. The van der Waals surface area contributed by atoms with E-state index in [1.807, 2.05) is 6.92 Å². The van der Waals surface area contributed by atoms with E-state index in [1.165, 1.54) is 11.3 Å². The summed E-state index contributed by atoms with van der Waals surface area (Å²) in [7, 11) is -2.02. The number of thiophene rings is 1. The van der Waals surface area contributed by atoms with Crippen LogP contribution in [-0.4, -0.2) is 28.0 Å². The van der Waals surface area contributed by atoms with E-state index in [9.17, 15) is 13.2 Å². The Morgan fingerprint density at radius 2 is 1.96 bits per heavy atom. The van der Waals surface area contributed by atoms with Gasteiger partial charge in [-0.3, -0.25) is 4.79 Å². The third-order valence-corrected chi connectivity index (χ3v) is 7.13. The summed E-state index contributed by atoms with van der Waals surface area (Å²) in [5.74, 6) is 0.512. The number of benzene rings is 1. The molecule has 2 aromatic rings. The summed E-state index contributed by atoms with van der Waals surface area (Å²) < 4.78 is 31.3. The van der Waals surface area contributed by atoms with Gasteiger partial charge in [0.05, 0.1) is 7.11 Å². The van der Waals surface area contributed by atoms with Gasteiger partial charge in [-0.2, -0.15) is 0 Å². The highest BCUT2D eigenvalue weighted by atomic mass is 32.2. The van der Waals surface area contributed by atoms with Crippen LogP contribution in [0.1, 0.15) is 30.6 Å². The highest BCUT2D eigenvalue weighted by molar-refractivity contribution is 7.93. The Balaban J connectivity index is 2.31. The molecule has 1 N–H and O–H groups in total. The zero-order valence-corrected chi connectivity index (χ0v) is 15.3. The van der Waals surface area contributed by atoms with Crippen LogP contribution in [0.5, 0.6) is 5.75 Å². The summed E-state index contributed by atoms with van der Waals surface area (Å²) in [4.78, 5) is 11.8. The molecule has 0 aliphatic carbocycles. The Kier molecular flexibility index (Phi) is 6.39. The molecule has 1 atom stereocenters. The third kappa shape index (κ3) is 4.36. The van der Waals surface area contributed by atoms with Gasteiger partial charge in [0, 0.05) is 13.0 Å². The lowest BCUT2D eigenvalue weighted by Gasteiger charge is -2.18. The summed E-state index contributed by atoms with van der Waals surface area (Å²) in [6, 6.07) is 10.2. The molecule has 0 saturated heterocycles.